The van der Waals surface area contributed by atoms with Gasteiger partial charge in [-0.2, -0.15) is 0 Å². The summed E-state index contributed by atoms with van der Waals surface area (Å²) in [6, 6.07) is 0. The van der Waals surface area contributed by atoms with E-state index >= 15 is 0 Å². The highest BCUT2D eigenvalue weighted by Crippen LogP contribution is 2.16. The van der Waals surface area contributed by atoms with E-state index in [1.807, 2.05) is 6.92 Å². The summed E-state index contributed by atoms with van der Waals surface area (Å²) in [5.41, 5.74) is 0. The third kappa shape index (κ3) is 33.0. The number of carboxylic acids is 1. The van der Waals surface area contributed by atoms with Crippen LogP contribution in [0.3, 0.4) is 0 Å². The quantitative estimate of drug-likeness (QED) is 0.0665. The number of hydrogen-bond donors (Lipinski definition) is 1. The van der Waals surface area contributed by atoms with Crippen LogP contribution in [-0.4, -0.2) is 23.1 Å². The molecule has 0 saturated carbocycles. The molecular weight excluding hydrogens is 484 g/mol. The molecule has 0 aromatic rings. The Balaban J connectivity index is 3.28. The number of carbonyl (C=O) groups is 2. The Morgan fingerprint density at radius 1 is 0.487 bits per heavy atom. The summed E-state index contributed by atoms with van der Waals surface area (Å²) in [4.78, 5) is 22.6. The first-order valence-corrected chi connectivity index (χ1v) is 17.5. The highest BCUT2D eigenvalue weighted by Gasteiger charge is 2.09. The molecule has 0 aliphatic carbocycles. The topological polar surface area (TPSA) is 63.6 Å². The minimum absolute atomic E-state index is 0.00758. The Kier molecular flexibility index (Phi) is 30.6. The Hall–Kier alpha value is -1.06. The Labute approximate surface area is 243 Å². The lowest BCUT2D eigenvalue weighted by molar-refractivity contribution is -0.148. The lowest BCUT2D eigenvalue weighted by atomic mass is 10.0. The van der Waals surface area contributed by atoms with Crippen LogP contribution in [0.15, 0.2) is 0 Å². The van der Waals surface area contributed by atoms with Crippen LogP contribution < -0.4 is 0 Å². The molecule has 0 spiro atoms. The number of rotatable bonds is 32. The van der Waals surface area contributed by atoms with Crippen molar-refractivity contribution in [3.8, 4) is 0 Å². The van der Waals surface area contributed by atoms with Crippen LogP contribution >= 0.6 is 0 Å². The third-order valence-corrected chi connectivity index (χ3v) is 8.07. The van der Waals surface area contributed by atoms with Gasteiger partial charge in [-0.15, -0.1) is 0 Å². The Morgan fingerprint density at radius 2 is 0.795 bits per heavy atom. The SMILES string of the molecule is CCCCCCCCCCCCCCCCCCCC(=O)OC(C)CCCCCCCCCCCCC(=O)O. The van der Waals surface area contributed by atoms with Gasteiger partial charge >= 0.3 is 11.9 Å². The maximum atomic E-state index is 12.1. The molecular formula is C35H68O4. The van der Waals surface area contributed by atoms with Crippen molar-refractivity contribution in [1.29, 1.82) is 0 Å². The molecule has 0 amide bonds. The molecule has 232 valence electrons. The van der Waals surface area contributed by atoms with Crippen LogP contribution in [0.1, 0.15) is 206 Å². The second-order valence-electron chi connectivity index (χ2n) is 12.2. The molecule has 39 heavy (non-hydrogen) atoms. The van der Waals surface area contributed by atoms with Crippen molar-refractivity contribution in [2.75, 3.05) is 0 Å². The van der Waals surface area contributed by atoms with Gasteiger partial charge in [-0.05, 0) is 32.6 Å². The van der Waals surface area contributed by atoms with Crippen molar-refractivity contribution in [2.24, 2.45) is 0 Å². The van der Waals surface area contributed by atoms with E-state index in [2.05, 4.69) is 6.92 Å². The number of carboxylic acid groups (broad SMARTS) is 1. The largest absolute Gasteiger partial charge is 0.481 e. The monoisotopic (exact) mass is 553 g/mol. The van der Waals surface area contributed by atoms with E-state index in [1.165, 1.54) is 135 Å². The number of aliphatic carboxylic acids is 1. The molecule has 0 aliphatic rings. The Bertz CT molecular complexity index is 519. The molecule has 0 heterocycles. The molecule has 0 bridgehead atoms. The van der Waals surface area contributed by atoms with Gasteiger partial charge in [0.2, 0.25) is 0 Å². The highest BCUT2D eigenvalue weighted by molar-refractivity contribution is 5.69. The standard InChI is InChI=1S/C35H68O4/c1-3-4-5-6-7-8-9-10-11-12-13-14-15-20-23-26-29-32-35(38)39-33(2)30-27-24-21-18-16-17-19-22-25-28-31-34(36)37/h33H,3-32H2,1-2H3,(H,36,37). The molecule has 0 radical (unpaired) electrons. The summed E-state index contributed by atoms with van der Waals surface area (Å²) < 4.78 is 5.61. The lowest BCUT2D eigenvalue weighted by Gasteiger charge is -2.13. The van der Waals surface area contributed by atoms with Gasteiger partial charge in [-0.3, -0.25) is 9.59 Å². The summed E-state index contributed by atoms with van der Waals surface area (Å²) in [5.74, 6) is -0.684. The first kappa shape index (κ1) is 37.9. The van der Waals surface area contributed by atoms with E-state index in [4.69, 9.17) is 9.84 Å². The number of hydrogen-bond acceptors (Lipinski definition) is 3. The maximum absolute atomic E-state index is 12.1. The zero-order valence-corrected chi connectivity index (χ0v) is 26.5. The van der Waals surface area contributed by atoms with E-state index in [0.717, 1.165) is 44.9 Å². The van der Waals surface area contributed by atoms with Gasteiger partial charge in [0.05, 0.1) is 6.10 Å². The van der Waals surface area contributed by atoms with Crippen LogP contribution in [-0.2, 0) is 14.3 Å². The van der Waals surface area contributed by atoms with Gasteiger partial charge in [-0.1, -0.05) is 161 Å². The molecule has 4 heteroatoms. The van der Waals surface area contributed by atoms with E-state index in [-0.39, 0.29) is 12.1 Å². The van der Waals surface area contributed by atoms with Crippen LogP contribution in [0.5, 0.6) is 0 Å². The predicted octanol–water partition coefficient (Wildman–Crippen LogP) is 11.7. The second kappa shape index (κ2) is 31.5. The van der Waals surface area contributed by atoms with Gasteiger partial charge in [0.25, 0.3) is 0 Å². The van der Waals surface area contributed by atoms with Crippen LogP contribution in [0, 0.1) is 0 Å². The minimum Gasteiger partial charge on any atom is -0.481 e. The average Bonchev–Trinajstić information content (AvgIpc) is 2.90. The number of esters is 1. The smallest absolute Gasteiger partial charge is 0.306 e. The van der Waals surface area contributed by atoms with E-state index in [9.17, 15) is 9.59 Å². The zero-order chi connectivity index (χ0) is 28.7. The van der Waals surface area contributed by atoms with Crippen molar-refractivity contribution in [2.45, 2.75) is 213 Å². The zero-order valence-electron chi connectivity index (χ0n) is 26.5. The predicted molar refractivity (Wildman–Crippen MR) is 167 cm³/mol. The fraction of sp³-hybridized carbons (Fsp3) is 0.943. The van der Waals surface area contributed by atoms with Crippen molar-refractivity contribution in [3.05, 3.63) is 0 Å². The van der Waals surface area contributed by atoms with Gasteiger partial charge in [0.1, 0.15) is 0 Å². The molecule has 1 atom stereocenters. The molecule has 0 fully saturated rings. The van der Waals surface area contributed by atoms with E-state index in [1.54, 1.807) is 0 Å². The van der Waals surface area contributed by atoms with Gasteiger partial charge in [0.15, 0.2) is 0 Å². The number of carbonyl (C=O) groups excluding carboxylic acids is 1. The fourth-order valence-electron chi connectivity index (χ4n) is 5.46. The molecule has 0 aliphatic heterocycles. The Morgan fingerprint density at radius 3 is 1.15 bits per heavy atom. The van der Waals surface area contributed by atoms with Gasteiger partial charge < -0.3 is 9.84 Å². The second-order valence-corrected chi connectivity index (χ2v) is 12.2. The summed E-state index contributed by atoms with van der Waals surface area (Å²) in [7, 11) is 0. The molecule has 0 aromatic heterocycles. The summed E-state index contributed by atoms with van der Waals surface area (Å²) in [6.45, 7) is 4.32. The fourth-order valence-corrected chi connectivity index (χ4v) is 5.46. The average molecular weight is 553 g/mol. The molecule has 0 rings (SSSR count). The van der Waals surface area contributed by atoms with Crippen LogP contribution in [0.4, 0.5) is 0 Å². The first-order chi connectivity index (χ1) is 19.1. The molecule has 0 aromatic carbocycles. The molecule has 4 nitrogen and oxygen atoms in total. The first-order valence-electron chi connectivity index (χ1n) is 17.5. The van der Waals surface area contributed by atoms with E-state index in [0.29, 0.717) is 12.8 Å². The highest BCUT2D eigenvalue weighted by atomic mass is 16.5. The van der Waals surface area contributed by atoms with Crippen LogP contribution in [0.25, 0.3) is 0 Å². The van der Waals surface area contributed by atoms with Crippen molar-refractivity contribution in [1.82, 2.24) is 0 Å². The van der Waals surface area contributed by atoms with Crippen LogP contribution in [0.2, 0.25) is 0 Å². The van der Waals surface area contributed by atoms with Crippen molar-refractivity contribution in [3.63, 3.8) is 0 Å². The van der Waals surface area contributed by atoms with Crippen molar-refractivity contribution < 1.29 is 19.4 Å². The summed E-state index contributed by atoms with van der Waals surface area (Å²) in [5, 5.41) is 8.63. The number of ether oxygens (including phenoxy) is 1. The van der Waals surface area contributed by atoms with Crippen molar-refractivity contribution >= 4 is 11.9 Å². The number of unbranched alkanes of at least 4 members (excludes halogenated alkanes) is 25. The van der Waals surface area contributed by atoms with E-state index < -0.39 is 5.97 Å². The molecule has 1 unspecified atom stereocenters. The lowest BCUT2D eigenvalue weighted by Crippen LogP contribution is -2.14. The normalized spacial score (nSPS) is 12.1. The minimum atomic E-state index is -0.676. The summed E-state index contributed by atoms with van der Waals surface area (Å²) >= 11 is 0. The van der Waals surface area contributed by atoms with Gasteiger partial charge in [0, 0.05) is 12.8 Å². The third-order valence-electron chi connectivity index (χ3n) is 8.07. The summed E-state index contributed by atoms with van der Waals surface area (Å²) in [6.07, 6.45) is 36.7. The molecule has 1 N–H and O–H groups in total. The van der Waals surface area contributed by atoms with Gasteiger partial charge in [-0.25, -0.2) is 0 Å². The maximum Gasteiger partial charge on any atom is 0.306 e. The molecule has 0 saturated heterocycles.